The molecule has 0 heterocycles. The highest BCUT2D eigenvalue weighted by Gasteiger charge is 2.10. The number of amides is 1. The quantitative estimate of drug-likeness (QED) is 0.816. The van der Waals surface area contributed by atoms with Gasteiger partial charge < -0.3 is 10.2 Å². The van der Waals surface area contributed by atoms with E-state index in [4.69, 9.17) is 0 Å². The van der Waals surface area contributed by atoms with Gasteiger partial charge in [0, 0.05) is 26.3 Å². The number of nitrogens with one attached hydrogen (secondary N) is 1. The minimum absolute atomic E-state index is 0.00106. The van der Waals surface area contributed by atoms with Crippen molar-refractivity contribution in [2.24, 2.45) is 0 Å². The lowest BCUT2D eigenvalue weighted by Crippen LogP contribution is -2.26. The number of anilines is 1. The van der Waals surface area contributed by atoms with Gasteiger partial charge in [0.15, 0.2) is 0 Å². The zero-order valence-electron chi connectivity index (χ0n) is 9.58. The third-order valence-corrected chi connectivity index (χ3v) is 2.17. The van der Waals surface area contributed by atoms with Gasteiger partial charge in [-0.15, -0.1) is 0 Å². The van der Waals surface area contributed by atoms with E-state index in [-0.39, 0.29) is 5.91 Å². The summed E-state index contributed by atoms with van der Waals surface area (Å²) in [6, 6.07) is 7.61. The molecule has 0 fully saturated rings. The Kier molecular flexibility index (Phi) is 4.16. The normalized spacial score (nSPS) is 9.80. The van der Waals surface area contributed by atoms with Gasteiger partial charge in [-0.1, -0.05) is 19.1 Å². The molecule has 82 valence electrons. The van der Waals surface area contributed by atoms with E-state index < -0.39 is 0 Å². The van der Waals surface area contributed by atoms with Crippen LogP contribution in [0.2, 0.25) is 0 Å². The van der Waals surface area contributed by atoms with Gasteiger partial charge in [0.1, 0.15) is 0 Å². The molecule has 0 aliphatic rings. The first-order valence-corrected chi connectivity index (χ1v) is 5.21. The van der Waals surface area contributed by atoms with Crippen molar-refractivity contribution in [3.63, 3.8) is 0 Å². The number of para-hydroxylation sites is 1. The molecular formula is C12H18N2O. The highest BCUT2D eigenvalue weighted by Crippen LogP contribution is 2.17. The van der Waals surface area contributed by atoms with Crippen LogP contribution in [0, 0.1) is 0 Å². The lowest BCUT2D eigenvalue weighted by Gasteiger charge is -2.16. The van der Waals surface area contributed by atoms with Crippen molar-refractivity contribution in [2.75, 3.05) is 25.5 Å². The first-order valence-electron chi connectivity index (χ1n) is 5.21. The minimum Gasteiger partial charge on any atom is -0.377 e. The van der Waals surface area contributed by atoms with Crippen LogP contribution in [0.1, 0.15) is 23.7 Å². The lowest BCUT2D eigenvalue weighted by atomic mass is 10.1. The molecule has 0 aliphatic heterocycles. The summed E-state index contributed by atoms with van der Waals surface area (Å²) in [6.07, 6.45) is 0.954. The van der Waals surface area contributed by atoms with Gasteiger partial charge in [-0.25, -0.2) is 0 Å². The molecule has 1 amide bonds. The van der Waals surface area contributed by atoms with E-state index in [2.05, 4.69) is 5.32 Å². The Morgan fingerprint density at radius 3 is 2.60 bits per heavy atom. The molecule has 1 aromatic rings. The number of nitrogens with zero attached hydrogens (tertiary/aromatic N) is 1. The van der Waals surface area contributed by atoms with E-state index >= 15 is 0 Å². The Morgan fingerprint density at radius 2 is 2.00 bits per heavy atom. The molecule has 0 saturated heterocycles. The number of benzene rings is 1. The predicted molar refractivity (Wildman–Crippen MR) is 63.4 cm³/mol. The van der Waals surface area contributed by atoms with Gasteiger partial charge in [-0.05, 0) is 18.6 Å². The molecule has 1 rings (SSSR count). The molecule has 0 aromatic heterocycles. The second-order valence-electron chi connectivity index (χ2n) is 3.67. The number of carbonyl (C=O) groups is 1. The number of hydrogen-bond acceptors (Lipinski definition) is 2. The maximum Gasteiger partial charge on any atom is 0.253 e. The maximum atomic E-state index is 11.8. The average Bonchev–Trinajstić information content (AvgIpc) is 2.25. The monoisotopic (exact) mass is 206 g/mol. The van der Waals surface area contributed by atoms with Gasteiger partial charge in [0.05, 0.1) is 5.56 Å². The summed E-state index contributed by atoms with van der Waals surface area (Å²) in [6.45, 7) is 2.76. The summed E-state index contributed by atoms with van der Waals surface area (Å²) in [5.74, 6) is 0.00106. The Hall–Kier alpha value is -1.51. The van der Waals surface area contributed by atoms with Crippen LogP contribution in [-0.4, -0.2) is 26.5 Å². The standard InChI is InChI=1S/C12H18N2O/c1-4-9-13-12(15)10-7-5-6-8-11(10)14(2)3/h5-8H,4,9H2,1-3H3,(H,13,15). The summed E-state index contributed by atoms with van der Waals surface area (Å²) in [7, 11) is 3.87. The van der Waals surface area contributed by atoms with Crippen LogP contribution in [0.4, 0.5) is 5.69 Å². The van der Waals surface area contributed by atoms with Crippen molar-refractivity contribution in [1.29, 1.82) is 0 Å². The minimum atomic E-state index is 0.00106. The van der Waals surface area contributed by atoms with E-state index in [1.54, 1.807) is 0 Å². The van der Waals surface area contributed by atoms with Crippen molar-refractivity contribution >= 4 is 11.6 Å². The summed E-state index contributed by atoms with van der Waals surface area (Å²) >= 11 is 0. The molecule has 0 bridgehead atoms. The molecular weight excluding hydrogens is 188 g/mol. The summed E-state index contributed by atoms with van der Waals surface area (Å²) in [5, 5.41) is 2.88. The third kappa shape index (κ3) is 2.98. The smallest absolute Gasteiger partial charge is 0.253 e. The third-order valence-electron chi connectivity index (χ3n) is 2.17. The van der Waals surface area contributed by atoms with Crippen molar-refractivity contribution < 1.29 is 4.79 Å². The molecule has 0 spiro atoms. The van der Waals surface area contributed by atoms with E-state index in [0.29, 0.717) is 0 Å². The second-order valence-corrected chi connectivity index (χ2v) is 3.67. The number of rotatable bonds is 4. The van der Waals surface area contributed by atoms with Crippen LogP contribution in [0.5, 0.6) is 0 Å². The van der Waals surface area contributed by atoms with Gasteiger partial charge in [0.25, 0.3) is 5.91 Å². The van der Waals surface area contributed by atoms with Crippen LogP contribution < -0.4 is 10.2 Å². The lowest BCUT2D eigenvalue weighted by molar-refractivity contribution is 0.0954. The van der Waals surface area contributed by atoms with Gasteiger partial charge in [-0.2, -0.15) is 0 Å². The Morgan fingerprint density at radius 1 is 1.33 bits per heavy atom. The molecule has 1 N–H and O–H groups in total. The van der Waals surface area contributed by atoms with Crippen LogP contribution in [-0.2, 0) is 0 Å². The maximum absolute atomic E-state index is 11.8. The molecule has 1 aromatic carbocycles. The van der Waals surface area contributed by atoms with Crippen molar-refractivity contribution in [3.8, 4) is 0 Å². The zero-order chi connectivity index (χ0) is 11.3. The first kappa shape index (κ1) is 11.6. The fourth-order valence-corrected chi connectivity index (χ4v) is 1.39. The van der Waals surface area contributed by atoms with Crippen LogP contribution in [0.25, 0.3) is 0 Å². The Balaban J connectivity index is 2.87. The van der Waals surface area contributed by atoms with Gasteiger partial charge in [-0.3, -0.25) is 4.79 Å². The average molecular weight is 206 g/mol. The van der Waals surface area contributed by atoms with E-state index in [1.165, 1.54) is 0 Å². The molecule has 0 aliphatic carbocycles. The number of carbonyl (C=O) groups excluding carboxylic acids is 1. The molecule has 3 nitrogen and oxygen atoms in total. The first-order chi connectivity index (χ1) is 7.16. The van der Waals surface area contributed by atoms with Crippen molar-refractivity contribution in [3.05, 3.63) is 29.8 Å². The fourth-order valence-electron chi connectivity index (χ4n) is 1.39. The molecule has 0 radical (unpaired) electrons. The second kappa shape index (κ2) is 5.39. The van der Waals surface area contributed by atoms with E-state index in [0.717, 1.165) is 24.2 Å². The largest absolute Gasteiger partial charge is 0.377 e. The number of hydrogen-bond donors (Lipinski definition) is 1. The molecule has 15 heavy (non-hydrogen) atoms. The highest BCUT2D eigenvalue weighted by molar-refractivity contribution is 5.99. The highest BCUT2D eigenvalue weighted by atomic mass is 16.1. The van der Waals surface area contributed by atoms with Crippen LogP contribution >= 0.6 is 0 Å². The van der Waals surface area contributed by atoms with E-state index in [9.17, 15) is 4.79 Å². The van der Waals surface area contributed by atoms with Crippen molar-refractivity contribution in [1.82, 2.24) is 5.32 Å². The van der Waals surface area contributed by atoms with Crippen molar-refractivity contribution in [2.45, 2.75) is 13.3 Å². The van der Waals surface area contributed by atoms with Gasteiger partial charge >= 0.3 is 0 Å². The summed E-state index contributed by atoms with van der Waals surface area (Å²) in [5.41, 5.74) is 1.68. The SMILES string of the molecule is CCCNC(=O)c1ccccc1N(C)C. The van der Waals surface area contributed by atoms with Crippen LogP contribution in [0.15, 0.2) is 24.3 Å². The Bertz CT molecular complexity index is 334. The van der Waals surface area contributed by atoms with E-state index in [1.807, 2.05) is 50.2 Å². The fraction of sp³-hybridized carbons (Fsp3) is 0.417. The molecule has 0 unspecified atom stereocenters. The van der Waals surface area contributed by atoms with Crippen LogP contribution in [0.3, 0.4) is 0 Å². The zero-order valence-corrected chi connectivity index (χ0v) is 9.58. The molecule has 0 atom stereocenters. The Labute approximate surface area is 91.1 Å². The summed E-state index contributed by atoms with van der Waals surface area (Å²) < 4.78 is 0. The van der Waals surface area contributed by atoms with Gasteiger partial charge in [0.2, 0.25) is 0 Å². The molecule has 0 saturated carbocycles. The molecule has 3 heteroatoms. The topological polar surface area (TPSA) is 32.3 Å². The predicted octanol–water partition coefficient (Wildman–Crippen LogP) is 1.89. The summed E-state index contributed by atoms with van der Waals surface area (Å²) in [4.78, 5) is 13.7.